The zero-order valence-corrected chi connectivity index (χ0v) is 11.8. The first-order valence-electron chi connectivity index (χ1n) is 5.74. The number of nitrogens with zero attached hydrogens (tertiary/aromatic N) is 1. The molecule has 0 aliphatic heterocycles. The van der Waals surface area contributed by atoms with Gasteiger partial charge in [0.2, 0.25) is 0 Å². The summed E-state index contributed by atoms with van der Waals surface area (Å²) >= 11 is 3.41. The fourth-order valence-corrected chi connectivity index (χ4v) is 2.48. The van der Waals surface area contributed by atoms with Gasteiger partial charge in [0, 0.05) is 10.5 Å². The van der Waals surface area contributed by atoms with Gasteiger partial charge in [0.25, 0.3) is 0 Å². The molecular formula is C14H11BrN2O2. The van der Waals surface area contributed by atoms with Crippen LogP contribution in [0.15, 0.2) is 51.7 Å². The summed E-state index contributed by atoms with van der Waals surface area (Å²) in [6.07, 6.45) is 0. The molecule has 96 valence electrons. The minimum absolute atomic E-state index is 0.165. The van der Waals surface area contributed by atoms with Crippen LogP contribution in [0, 0.1) is 0 Å². The van der Waals surface area contributed by atoms with Crippen molar-refractivity contribution < 1.29 is 4.74 Å². The summed E-state index contributed by atoms with van der Waals surface area (Å²) in [6, 6.07) is 13.1. The van der Waals surface area contributed by atoms with E-state index in [0.717, 1.165) is 26.9 Å². The highest BCUT2D eigenvalue weighted by atomic mass is 79.9. The molecule has 0 unspecified atom stereocenters. The fourth-order valence-electron chi connectivity index (χ4n) is 2.09. The molecule has 2 aromatic carbocycles. The van der Waals surface area contributed by atoms with Gasteiger partial charge < -0.3 is 9.72 Å². The van der Waals surface area contributed by atoms with Crippen LogP contribution in [-0.4, -0.2) is 16.7 Å². The number of aromatic nitrogens is 2. The molecule has 0 spiro atoms. The maximum Gasteiger partial charge on any atom is 0.331 e. The van der Waals surface area contributed by atoms with Crippen molar-refractivity contribution in [3.05, 3.63) is 57.4 Å². The van der Waals surface area contributed by atoms with Gasteiger partial charge in [-0.3, -0.25) is 4.57 Å². The molecule has 0 bridgehead atoms. The molecule has 0 saturated carbocycles. The average Bonchev–Trinajstić information content (AvgIpc) is 2.73. The molecule has 0 amide bonds. The fraction of sp³-hybridized carbons (Fsp3) is 0.0714. The summed E-state index contributed by atoms with van der Waals surface area (Å²) in [5.41, 5.74) is 2.23. The lowest BCUT2D eigenvalue weighted by atomic mass is 10.2. The number of methoxy groups -OCH3 is 1. The van der Waals surface area contributed by atoms with E-state index in [4.69, 9.17) is 4.74 Å². The molecular weight excluding hydrogens is 308 g/mol. The Morgan fingerprint density at radius 2 is 2.05 bits per heavy atom. The van der Waals surface area contributed by atoms with Gasteiger partial charge in [-0.25, -0.2) is 4.79 Å². The maximum atomic E-state index is 12.1. The molecule has 1 N–H and O–H groups in total. The number of ether oxygens (including phenoxy) is 1. The SMILES string of the molecule is COc1ccc2c(c1)[nH]c(=O)n2-c1cccc(Br)c1. The number of rotatable bonds is 2. The molecule has 3 aromatic rings. The van der Waals surface area contributed by atoms with Gasteiger partial charge in [-0.1, -0.05) is 22.0 Å². The quantitative estimate of drug-likeness (QED) is 0.789. The normalized spacial score (nSPS) is 10.8. The van der Waals surface area contributed by atoms with Gasteiger partial charge in [-0.05, 0) is 30.3 Å². The Morgan fingerprint density at radius 3 is 2.79 bits per heavy atom. The van der Waals surface area contributed by atoms with Crippen molar-refractivity contribution in [3.63, 3.8) is 0 Å². The second kappa shape index (κ2) is 4.59. The number of imidazole rings is 1. The van der Waals surface area contributed by atoms with Gasteiger partial charge in [0.05, 0.1) is 23.8 Å². The first-order valence-corrected chi connectivity index (χ1v) is 6.53. The van der Waals surface area contributed by atoms with E-state index in [2.05, 4.69) is 20.9 Å². The minimum Gasteiger partial charge on any atom is -0.497 e. The second-order valence-corrected chi connectivity index (χ2v) is 5.04. The Hall–Kier alpha value is -2.01. The van der Waals surface area contributed by atoms with Crippen LogP contribution in [0.5, 0.6) is 5.75 Å². The van der Waals surface area contributed by atoms with Crippen molar-refractivity contribution in [2.45, 2.75) is 0 Å². The van der Waals surface area contributed by atoms with Gasteiger partial charge in [0.1, 0.15) is 5.75 Å². The predicted molar refractivity (Wildman–Crippen MR) is 78.1 cm³/mol. The van der Waals surface area contributed by atoms with E-state index in [1.54, 1.807) is 11.7 Å². The lowest BCUT2D eigenvalue weighted by Crippen LogP contribution is -2.14. The van der Waals surface area contributed by atoms with E-state index >= 15 is 0 Å². The number of H-pyrrole nitrogens is 1. The van der Waals surface area contributed by atoms with E-state index in [1.165, 1.54) is 0 Å². The van der Waals surface area contributed by atoms with Crippen LogP contribution in [-0.2, 0) is 0 Å². The molecule has 4 nitrogen and oxygen atoms in total. The van der Waals surface area contributed by atoms with Crippen molar-refractivity contribution in [1.29, 1.82) is 0 Å². The summed E-state index contributed by atoms with van der Waals surface area (Å²) in [6.45, 7) is 0. The zero-order chi connectivity index (χ0) is 13.4. The van der Waals surface area contributed by atoms with Crippen LogP contribution < -0.4 is 10.4 Å². The summed E-state index contributed by atoms with van der Waals surface area (Å²) in [7, 11) is 1.60. The predicted octanol–water partition coefficient (Wildman–Crippen LogP) is 3.09. The highest BCUT2D eigenvalue weighted by Gasteiger charge is 2.09. The molecule has 0 saturated heterocycles. The lowest BCUT2D eigenvalue weighted by molar-refractivity contribution is 0.415. The van der Waals surface area contributed by atoms with Crippen LogP contribution in [0.4, 0.5) is 0 Å². The van der Waals surface area contributed by atoms with Crippen molar-refractivity contribution in [2.24, 2.45) is 0 Å². The van der Waals surface area contributed by atoms with Gasteiger partial charge in [0.15, 0.2) is 0 Å². The average molecular weight is 319 g/mol. The van der Waals surface area contributed by atoms with Crippen molar-refractivity contribution in [3.8, 4) is 11.4 Å². The highest BCUT2D eigenvalue weighted by molar-refractivity contribution is 9.10. The number of nitrogens with one attached hydrogen (secondary N) is 1. The Kier molecular flexibility index (Phi) is 2.91. The number of halogens is 1. The monoisotopic (exact) mass is 318 g/mol. The van der Waals surface area contributed by atoms with E-state index in [-0.39, 0.29) is 5.69 Å². The van der Waals surface area contributed by atoms with Crippen molar-refractivity contribution >= 4 is 27.0 Å². The smallest absolute Gasteiger partial charge is 0.331 e. The van der Waals surface area contributed by atoms with Crippen LogP contribution >= 0.6 is 15.9 Å². The third-order valence-corrected chi connectivity index (χ3v) is 3.45. The molecule has 5 heteroatoms. The molecule has 1 aromatic heterocycles. The van der Waals surface area contributed by atoms with Crippen LogP contribution in [0.25, 0.3) is 16.7 Å². The number of hydrogen-bond acceptors (Lipinski definition) is 2. The Balaban J connectivity index is 2.29. The Morgan fingerprint density at radius 1 is 1.21 bits per heavy atom. The molecule has 1 heterocycles. The standard InChI is InChI=1S/C14H11BrN2O2/c1-19-11-5-6-13-12(8-11)16-14(18)17(13)10-4-2-3-9(15)7-10/h2-8H,1H3,(H,16,18). The third kappa shape index (κ3) is 2.06. The molecule has 0 aliphatic carbocycles. The van der Waals surface area contributed by atoms with Gasteiger partial charge >= 0.3 is 5.69 Å². The maximum absolute atomic E-state index is 12.1. The summed E-state index contributed by atoms with van der Waals surface area (Å²) in [5, 5.41) is 0. The van der Waals surface area contributed by atoms with Crippen LogP contribution in [0.1, 0.15) is 0 Å². The second-order valence-electron chi connectivity index (χ2n) is 4.13. The van der Waals surface area contributed by atoms with E-state index in [1.807, 2.05) is 42.5 Å². The summed E-state index contributed by atoms with van der Waals surface area (Å²) in [5.74, 6) is 0.718. The molecule has 19 heavy (non-hydrogen) atoms. The molecule has 0 radical (unpaired) electrons. The first kappa shape index (κ1) is 12.0. The Bertz CT molecular complexity index is 805. The lowest BCUT2D eigenvalue weighted by Gasteiger charge is -2.04. The van der Waals surface area contributed by atoms with Crippen LogP contribution in [0.2, 0.25) is 0 Å². The number of fused-ring (bicyclic) bond motifs is 1. The van der Waals surface area contributed by atoms with Gasteiger partial charge in [-0.15, -0.1) is 0 Å². The molecule has 0 aliphatic rings. The number of benzene rings is 2. The van der Waals surface area contributed by atoms with Gasteiger partial charge in [-0.2, -0.15) is 0 Å². The largest absolute Gasteiger partial charge is 0.497 e. The van der Waals surface area contributed by atoms with E-state index < -0.39 is 0 Å². The summed E-state index contributed by atoms with van der Waals surface area (Å²) in [4.78, 5) is 14.9. The topological polar surface area (TPSA) is 47.0 Å². The summed E-state index contributed by atoms with van der Waals surface area (Å²) < 4.78 is 7.73. The molecule has 0 fully saturated rings. The van der Waals surface area contributed by atoms with Crippen molar-refractivity contribution in [2.75, 3.05) is 7.11 Å². The highest BCUT2D eigenvalue weighted by Crippen LogP contribution is 2.22. The number of hydrogen-bond donors (Lipinski definition) is 1. The first-order chi connectivity index (χ1) is 9.19. The number of aromatic amines is 1. The minimum atomic E-state index is -0.165. The molecule has 0 atom stereocenters. The zero-order valence-electron chi connectivity index (χ0n) is 10.2. The van der Waals surface area contributed by atoms with E-state index in [0.29, 0.717) is 0 Å². The van der Waals surface area contributed by atoms with Crippen molar-refractivity contribution in [1.82, 2.24) is 9.55 Å². The third-order valence-electron chi connectivity index (χ3n) is 2.96. The molecule has 3 rings (SSSR count). The Labute approximate surface area is 117 Å². The van der Waals surface area contributed by atoms with Crippen LogP contribution in [0.3, 0.4) is 0 Å². The van der Waals surface area contributed by atoms with E-state index in [9.17, 15) is 4.79 Å².